The predicted molar refractivity (Wildman–Crippen MR) is 142 cm³/mol. The van der Waals surface area contributed by atoms with Crippen molar-refractivity contribution in [3.63, 3.8) is 0 Å². The maximum atomic E-state index is 13.1. The Labute approximate surface area is 210 Å². The molecule has 186 valence electrons. The quantitative estimate of drug-likeness (QED) is 0.331. The molecule has 1 heterocycles. The minimum absolute atomic E-state index is 0.128. The molecule has 0 aliphatic carbocycles. The van der Waals surface area contributed by atoms with Gasteiger partial charge in [-0.05, 0) is 63.6 Å². The van der Waals surface area contributed by atoms with Gasteiger partial charge in [-0.25, -0.2) is 4.79 Å². The zero-order valence-corrected chi connectivity index (χ0v) is 21.0. The summed E-state index contributed by atoms with van der Waals surface area (Å²) in [6, 6.07) is 18.2. The van der Waals surface area contributed by atoms with Crippen molar-refractivity contribution in [1.82, 2.24) is 9.47 Å². The van der Waals surface area contributed by atoms with Gasteiger partial charge in [0.05, 0.1) is 16.8 Å². The fourth-order valence-electron chi connectivity index (χ4n) is 4.45. The van der Waals surface area contributed by atoms with E-state index in [1.54, 1.807) is 23.1 Å². The highest BCUT2D eigenvalue weighted by Crippen LogP contribution is 2.36. The zero-order valence-electron chi connectivity index (χ0n) is 21.0. The number of anilines is 1. The van der Waals surface area contributed by atoms with Crippen LogP contribution in [-0.2, 0) is 6.54 Å². The van der Waals surface area contributed by atoms with E-state index in [1.807, 2.05) is 32.2 Å². The first-order chi connectivity index (χ1) is 17.3. The number of aromatic hydroxyl groups is 1. The van der Waals surface area contributed by atoms with Crippen LogP contribution in [0.15, 0.2) is 66.9 Å². The molecule has 2 amide bonds. The molecule has 0 radical (unpaired) electrons. The molecule has 1 aromatic heterocycles. The molecule has 36 heavy (non-hydrogen) atoms. The minimum atomic E-state index is -0.497. The van der Waals surface area contributed by atoms with Gasteiger partial charge >= 0.3 is 6.09 Å². The smallest absolute Gasteiger partial charge is 0.415 e. The number of hydrogen-bond donors (Lipinski definition) is 2. The highest BCUT2D eigenvalue weighted by molar-refractivity contribution is 6.11. The molecule has 0 atom stereocenters. The second-order valence-electron chi connectivity index (χ2n) is 8.82. The van der Waals surface area contributed by atoms with Crippen LogP contribution >= 0.6 is 0 Å². The number of amides is 2. The van der Waals surface area contributed by atoms with E-state index in [-0.39, 0.29) is 17.1 Å². The lowest BCUT2D eigenvalue weighted by molar-refractivity contribution is 0.102. The lowest BCUT2D eigenvalue weighted by Crippen LogP contribution is -2.33. The second kappa shape index (κ2) is 10.6. The van der Waals surface area contributed by atoms with E-state index in [4.69, 9.17) is 4.74 Å². The fraction of sp³-hybridized carbons (Fsp3) is 0.241. The van der Waals surface area contributed by atoms with Crippen molar-refractivity contribution in [3.8, 4) is 11.5 Å². The summed E-state index contributed by atoms with van der Waals surface area (Å²) in [5.41, 5.74) is 4.95. The number of aryl methyl sites for hydroxylation is 2. The van der Waals surface area contributed by atoms with Crippen LogP contribution < -0.4 is 10.1 Å². The molecule has 0 fully saturated rings. The van der Waals surface area contributed by atoms with Crippen LogP contribution in [0, 0.1) is 13.8 Å². The lowest BCUT2D eigenvalue weighted by Gasteiger charge is -2.20. The van der Waals surface area contributed by atoms with Crippen LogP contribution in [-0.4, -0.2) is 39.7 Å². The minimum Gasteiger partial charge on any atom is -0.507 e. The number of carbonyl (C=O) groups is 2. The van der Waals surface area contributed by atoms with E-state index >= 15 is 0 Å². The van der Waals surface area contributed by atoms with Gasteiger partial charge in [-0.15, -0.1) is 0 Å². The first-order valence-corrected chi connectivity index (χ1v) is 12.1. The van der Waals surface area contributed by atoms with Crippen molar-refractivity contribution in [2.75, 3.05) is 18.4 Å². The molecule has 0 aliphatic heterocycles. The second-order valence-corrected chi connectivity index (χ2v) is 8.82. The van der Waals surface area contributed by atoms with Crippen molar-refractivity contribution in [2.24, 2.45) is 0 Å². The zero-order chi connectivity index (χ0) is 25.8. The van der Waals surface area contributed by atoms with E-state index in [9.17, 15) is 14.7 Å². The number of hydrogen-bond acceptors (Lipinski definition) is 4. The summed E-state index contributed by atoms with van der Waals surface area (Å²) < 4.78 is 7.82. The summed E-state index contributed by atoms with van der Waals surface area (Å²) in [7, 11) is 0. The highest BCUT2D eigenvalue weighted by Gasteiger charge is 2.21. The van der Waals surface area contributed by atoms with E-state index < -0.39 is 12.0 Å². The third-order valence-electron chi connectivity index (χ3n) is 6.16. The number of rotatable bonds is 7. The predicted octanol–water partition coefficient (Wildman–Crippen LogP) is 6.10. The first kappa shape index (κ1) is 24.9. The Balaban J connectivity index is 1.76. The van der Waals surface area contributed by atoms with Crippen LogP contribution in [0.1, 0.15) is 40.9 Å². The van der Waals surface area contributed by atoms with Gasteiger partial charge in [-0.2, -0.15) is 0 Å². The standard InChI is InChI=1S/C29H31N3O4/c1-5-31(6-2)29(35)36-26-12-11-24-22(27(26)30-28(34)23-9-7-8-10-25(23)33)13-14-32(24)18-21-16-19(3)15-20(4)17-21/h7-17,33H,5-6,18H2,1-4H3,(H,30,34). The summed E-state index contributed by atoms with van der Waals surface area (Å²) in [6.07, 6.45) is 1.46. The number of para-hydroxylation sites is 1. The number of ether oxygens (including phenoxy) is 1. The van der Waals surface area contributed by atoms with Crippen molar-refractivity contribution in [3.05, 3.63) is 89.1 Å². The number of carbonyl (C=O) groups excluding carboxylic acids is 2. The summed E-state index contributed by atoms with van der Waals surface area (Å²) in [6.45, 7) is 9.56. The van der Waals surface area contributed by atoms with Crippen molar-refractivity contribution < 1.29 is 19.4 Å². The molecule has 0 spiro atoms. The Morgan fingerprint density at radius 3 is 2.33 bits per heavy atom. The molecule has 0 bridgehead atoms. The van der Waals surface area contributed by atoms with Gasteiger partial charge in [0, 0.05) is 31.2 Å². The van der Waals surface area contributed by atoms with Gasteiger partial charge < -0.3 is 24.6 Å². The van der Waals surface area contributed by atoms with E-state index in [1.165, 1.54) is 28.8 Å². The maximum absolute atomic E-state index is 13.1. The molecule has 7 heteroatoms. The Morgan fingerprint density at radius 2 is 1.67 bits per heavy atom. The van der Waals surface area contributed by atoms with Crippen molar-refractivity contribution in [2.45, 2.75) is 34.2 Å². The van der Waals surface area contributed by atoms with Crippen LogP contribution in [0.4, 0.5) is 10.5 Å². The maximum Gasteiger partial charge on any atom is 0.415 e. The van der Waals surface area contributed by atoms with Crippen LogP contribution in [0.2, 0.25) is 0 Å². The summed E-state index contributed by atoms with van der Waals surface area (Å²) in [4.78, 5) is 27.4. The van der Waals surface area contributed by atoms with Gasteiger partial charge in [0.1, 0.15) is 5.75 Å². The molecule has 7 nitrogen and oxygen atoms in total. The Hall–Kier alpha value is -4.26. The lowest BCUT2D eigenvalue weighted by atomic mass is 10.1. The van der Waals surface area contributed by atoms with Gasteiger partial charge in [-0.1, -0.05) is 41.5 Å². The third kappa shape index (κ3) is 5.20. The molecule has 2 N–H and O–H groups in total. The van der Waals surface area contributed by atoms with Gasteiger partial charge in [0.15, 0.2) is 5.75 Å². The molecule has 3 aromatic carbocycles. The number of phenols is 1. The number of nitrogens with one attached hydrogen (secondary N) is 1. The molecular weight excluding hydrogens is 454 g/mol. The summed E-state index contributed by atoms with van der Waals surface area (Å²) in [5.74, 6) is -0.383. The Morgan fingerprint density at radius 1 is 0.972 bits per heavy atom. The van der Waals surface area contributed by atoms with Crippen molar-refractivity contribution >= 4 is 28.6 Å². The summed E-state index contributed by atoms with van der Waals surface area (Å²) >= 11 is 0. The van der Waals surface area contributed by atoms with E-state index in [2.05, 4.69) is 41.9 Å². The van der Waals surface area contributed by atoms with Gasteiger partial charge in [-0.3, -0.25) is 4.79 Å². The normalized spacial score (nSPS) is 10.9. The Bertz CT molecular complexity index is 1400. The van der Waals surface area contributed by atoms with Crippen LogP contribution in [0.25, 0.3) is 10.9 Å². The van der Waals surface area contributed by atoms with Crippen LogP contribution in [0.5, 0.6) is 11.5 Å². The molecule has 0 saturated heterocycles. The molecule has 0 saturated carbocycles. The number of benzene rings is 3. The molecule has 4 rings (SSSR count). The third-order valence-corrected chi connectivity index (χ3v) is 6.16. The van der Waals surface area contributed by atoms with Crippen LogP contribution in [0.3, 0.4) is 0 Å². The molecule has 0 aliphatic rings. The number of nitrogens with zero attached hydrogens (tertiary/aromatic N) is 2. The average molecular weight is 486 g/mol. The van der Waals surface area contributed by atoms with Gasteiger partial charge in [0.2, 0.25) is 0 Å². The number of phenolic OH excluding ortho intramolecular Hbond substituents is 1. The van der Waals surface area contributed by atoms with Crippen molar-refractivity contribution in [1.29, 1.82) is 0 Å². The van der Waals surface area contributed by atoms with E-state index in [0.717, 1.165) is 10.9 Å². The summed E-state index contributed by atoms with van der Waals surface area (Å²) in [5, 5.41) is 13.8. The molecular formula is C29H31N3O4. The van der Waals surface area contributed by atoms with Gasteiger partial charge in [0.25, 0.3) is 5.91 Å². The average Bonchev–Trinajstić information content (AvgIpc) is 3.23. The topological polar surface area (TPSA) is 83.8 Å². The monoisotopic (exact) mass is 485 g/mol. The first-order valence-electron chi connectivity index (χ1n) is 12.1. The number of fused-ring (bicyclic) bond motifs is 1. The molecule has 4 aromatic rings. The largest absolute Gasteiger partial charge is 0.507 e. The fourth-order valence-corrected chi connectivity index (χ4v) is 4.45. The van der Waals surface area contributed by atoms with E-state index in [0.29, 0.717) is 25.3 Å². The number of aromatic nitrogens is 1. The molecule has 0 unspecified atom stereocenters. The Kier molecular flexibility index (Phi) is 7.29. The highest BCUT2D eigenvalue weighted by atomic mass is 16.6. The SMILES string of the molecule is CCN(CC)C(=O)Oc1ccc2c(ccn2Cc2cc(C)cc(C)c2)c1NC(=O)c1ccccc1O.